The number of hydrogen-bond donors (Lipinski definition) is 2. The number of rotatable bonds is 5. The number of nitrogens with one attached hydrogen (secondary N) is 1. The summed E-state index contributed by atoms with van der Waals surface area (Å²) in [5.41, 5.74) is -1.20. The monoisotopic (exact) mass is 345 g/mol. The molecular formula is C16H18ClF2NO3. The summed E-state index contributed by atoms with van der Waals surface area (Å²) in [4.78, 5) is 23.3. The van der Waals surface area contributed by atoms with Gasteiger partial charge in [0, 0.05) is 11.4 Å². The van der Waals surface area contributed by atoms with Crippen molar-refractivity contribution in [2.75, 3.05) is 5.32 Å². The van der Waals surface area contributed by atoms with Crippen molar-refractivity contribution in [3.05, 3.63) is 28.8 Å². The van der Waals surface area contributed by atoms with E-state index in [9.17, 15) is 18.4 Å². The first kappa shape index (κ1) is 17.7. The van der Waals surface area contributed by atoms with E-state index in [1.54, 1.807) is 0 Å². The van der Waals surface area contributed by atoms with Gasteiger partial charge in [-0.1, -0.05) is 30.9 Å². The van der Waals surface area contributed by atoms with Crippen molar-refractivity contribution in [2.24, 2.45) is 5.41 Å². The predicted octanol–water partition coefficient (Wildman–Crippen LogP) is 4.37. The van der Waals surface area contributed by atoms with Crippen molar-refractivity contribution in [1.82, 2.24) is 0 Å². The largest absolute Gasteiger partial charge is 0.481 e. The molecule has 1 aromatic rings. The Kier molecular flexibility index (Phi) is 5.57. The summed E-state index contributed by atoms with van der Waals surface area (Å²) >= 11 is 5.54. The summed E-state index contributed by atoms with van der Waals surface area (Å²) in [7, 11) is 0. The van der Waals surface area contributed by atoms with E-state index in [2.05, 4.69) is 5.32 Å². The van der Waals surface area contributed by atoms with Gasteiger partial charge in [0.1, 0.15) is 5.69 Å². The van der Waals surface area contributed by atoms with Crippen LogP contribution in [-0.2, 0) is 9.59 Å². The van der Waals surface area contributed by atoms with Gasteiger partial charge in [-0.2, -0.15) is 0 Å². The van der Waals surface area contributed by atoms with Crippen molar-refractivity contribution in [1.29, 1.82) is 0 Å². The lowest BCUT2D eigenvalue weighted by atomic mass is 9.69. The number of carboxylic acids is 1. The van der Waals surface area contributed by atoms with E-state index in [-0.39, 0.29) is 17.9 Å². The molecule has 126 valence electrons. The smallest absolute Gasteiger partial charge is 0.303 e. The standard InChI is InChI=1S/C16H18ClF2NO3/c17-10-6-11(18)15(12(19)7-10)20-13(21)8-16(9-14(22)23)4-2-1-3-5-16/h6-7H,1-5,8-9H2,(H,20,21)(H,22,23). The van der Waals surface area contributed by atoms with Crippen LogP contribution in [0.25, 0.3) is 0 Å². The van der Waals surface area contributed by atoms with E-state index in [0.29, 0.717) is 12.8 Å². The molecular weight excluding hydrogens is 328 g/mol. The average Bonchev–Trinajstić information content (AvgIpc) is 2.42. The van der Waals surface area contributed by atoms with Crippen molar-refractivity contribution >= 4 is 29.2 Å². The molecule has 2 rings (SSSR count). The second kappa shape index (κ2) is 7.25. The maximum atomic E-state index is 13.7. The zero-order chi connectivity index (χ0) is 17.0. The first-order valence-electron chi connectivity index (χ1n) is 7.47. The molecule has 2 N–H and O–H groups in total. The van der Waals surface area contributed by atoms with Gasteiger partial charge in [-0.05, 0) is 30.4 Å². The van der Waals surface area contributed by atoms with Crippen molar-refractivity contribution in [2.45, 2.75) is 44.9 Å². The summed E-state index contributed by atoms with van der Waals surface area (Å²) in [6, 6.07) is 1.82. The Labute approximate surface area is 137 Å². The lowest BCUT2D eigenvalue weighted by Crippen LogP contribution is -2.32. The first-order valence-corrected chi connectivity index (χ1v) is 7.85. The topological polar surface area (TPSA) is 66.4 Å². The van der Waals surface area contributed by atoms with Crippen molar-refractivity contribution < 1.29 is 23.5 Å². The maximum Gasteiger partial charge on any atom is 0.303 e. The second-order valence-electron chi connectivity index (χ2n) is 6.10. The van der Waals surface area contributed by atoms with E-state index < -0.39 is 34.6 Å². The Morgan fingerprint density at radius 2 is 1.70 bits per heavy atom. The quantitative estimate of drug-likeness (QED) is 0.832. The molecule has 1 amide bonds. The molecule has 0 aromatic heterocycles. The fourth-order valence-electron chi connectivity index (χ4n) is 3.22. The van der Waals surface area contributed by atoms with Crippen LogP contribution >= 0.6 is 11.6 Å². The Balaban J connectivity index is 2.12. The molecule has 1 aliphatic carbocycles. The summed E-state index contributed by atoms with van der Waals surface area (Å²) < 4.78 is 27.4. The van der Waals surface area contributed by atoms with Gasteiger partial charge in [-0.3, -0.25) is 9.59 Å². The van der Waals surface area contributed by atoms with Gasteiger partial charge in [0.2, 0.25) is 5.91 Å². The lowest BCUT2D eigenvalue weighted by Gasteiger charge is -2.35. The number of benzene rings is 1. The molecule has 7 heteroatoms. The zero-order valence-corrected chi connectivity index (χ0v) is 13.3. The lowest BCUT2D eigenvalue weighted by molar-refractivity contribution is -0.140. The van der Waals surface area contributed by atoms with Gasteiger partial charge in [0.15, 0.2) is 11.6 Å². The van der Waals surface area contributed by atoms with Crippen LogP contribution in [0.4, 0.5) is 14.5 Å². The Hall–Kier alpha value is -1.69. The maximum absolute atomic E-state index is 13.7. The summed E-state index contributed by atoms with van der Waals surface area (Å²) in [6.07, 6.45) is 3.77. The highest BCUT2D eigenvalue weighted by atomic mass is 35.5. The molecule has 1 aromatic carbocycles. The van der Waals surface area contributed by atoms with E-state index >= 15 is 0 Å². The number of hydrogen-bond acceptors (Lipinski definition) is 2. The van der Waals surface area contributed by atoms with E-state index in [1.807, 2.05) is 0 Å². The van der Waals surface area contributed by atoms with Gasteiger partial charge in [-0.15, -0.1) is 0 Å². The SMILES string of the molecule is O=C(O)CC1(CC(=O)Nc2c(F)cc(Cl)cc2F)CCCCC1. The van der Waals surface area contributed by atoms with Crippen molar-refractivity contribution in [3.8, 4) is 0 Å². The second-order valence-corrected chi connectivity index (χ2v) is 6.54. The third-order valence-corrected chi connectivity index (χ3v) is 4.47. The molecule has 0 radical (unpaired) electrons. The minimum absolute atomic E-state index is 0.0686. The highest BCUT2D eigenvalue weighted by molar-refractivity contribution is 6.30. The summed E-state index contributed by atoms with van der Waals surface area (Å²) in [5.74, 6) is -3.48. The zero-order valence-electron chi connectivity index (χ0n) is 12.5. The highest BCUT2D eigenvalue weighted by Gasteiger charge is 2.36. The third kappa shape index (κ3) is 4.64. The number of carboxylic acid groups (broad SMARTS) is 1. The number of carbonyl (C=O) groups excluding carboxylic acids is 1. The summed E-state index contributed by atoms with van der Waals surface area (Å²) in [6.45, 7) is 0. The van der Waals surface area contributed by atoms with Crippen LogP contribution in [0.15, 0.2) is 12.1 Å². The van der Waals surface area contributed by atoms with Crippen LogP contribution in [0, 0.1) is 17.0 Å². The van der Waals surface area contributed by atoms with E-state index in [0.717, 1.165) is 31.4 Å². The molecule has 4 nitrogen and oxygen atoms in total. The van der Waals surface area contributed by atoms with Crippen LogP contribution in [0.5, 0.6) is 0 Å². The molecule has 0 spiro atoms. The normalized spacial score (nSPS) is 16.8. The number of halogens is 3. The Morgan fingerprint density at radius 1 is 1.13 bits per heavy atom. The van der Waals surface area contributed by atoms with Gasteiger partial charge in [0.05, 0.1) is 6.42 Å². The number of anilines is 1. The van der Waals surface area contributed by atoms with Crippen LogP contribution in [0.2, 0.25) is 5.02 Å². The van der Waals surface area contributed by atoms with Crippen LogP contribution in [0.3, 0.4) is 0 Å². The van der Waals surface area contributed by atoms with Gasteiger partial charge >= 0.3 is 5.97 Å². The van der Waals surface area contributed by atoms with Crippen LogP contribution in [0.1, 0.15) is 44.9 Å². The molecule has 0 aliphatic heterocycles. The molecule has 0 saturated heterocycles. The molecule has 0 unspecified atom stereocenters. The Bertz CT molecular complexity index is 592. The molecule has 0 atom stereocenters. The van der Waals surface area contributed by atoms with Crippen molar-refractivity contribution in [3.63, 3.8) is 0 Å². The molecule has 1 aliphatic rings. The number of carbonyl (C=O) groups is 2. The summed E-state index contributed by atoms with van der Waals surface area (Å²) in [5, 5.41) is 11.2. The molecule has 0 bridgehead atoms. The highest BCUT2D eigenvalue weighted by Crippen LogP contribution is 2.42. The molecule has 1 saturated carbocycles. The van der Waals surface area contributed by atoms with E-state index in [1.165, 1.54) is 0 Å². The fourth-order valence-corrected chi connectivity index (χ4v) is 3.42. The fraction of sp³-hybridized carbons (Fsp3) is 0.500. The number of aliphatic carboxylic acids is 1. The molecule has 0 heterocycles. The van der Waals surface area contributed by atoms with Gasteiger partial charge < -0.3 is 10.4 Å². The third-order valence-electron chi connectivity index (χ3n) is 4.25. The Morgan fingerprint density at radius 3 is 2.22 bits per heavy atom. The van der Waals surface area contributed by atoms with Crippen LogP contribution in [-0.4, -0.2) is 17.0 Å². The first-order chi connectivity index (χ1) is 10.8. The minimum atomic E-state index is -0.969. The molecule has 1 fully saturated rings. The van der Waals surface area contributed by atoms with Crippen LogP contribution < -0.4 is 5.32 Å². The predicted molar refractivity (Wildman–Crippen MR) is 82.4 cm³/mol. The molecule has 23 heavy (non-hydrogen) atoms. The van der Waals surface area contributed by atoms with E-state index in [4.69, 9.17) is 16.7 Å². The number of amides is 1. The van der Waals surface area contributed by atoms with Gasteiger partial charge in [0.25, 0.3) is 0 Å². The average molecular weight is 346 g/mol. The minimum Gasteiger partial charge on any atom is -0.481 e. The van der Waals surface area contributed by atoms with Gasteiger partial charge in [-0.25, -0.2) is 8.78 Å².